The molecule has 3 rings (SSSR count). The number of carbonyl (C=O) groups excluding carboxylic acids is 2. The van der Waals surface area contributed by atoms with Crippen LogP contribution in [-0.2, 0) is 14.3 Å². The standard InChI is InChI=1S/C22H29NO5S/c1-6-28-22(27)14-9-15(10(2)3)29-20(14)23-19(24)17-12-7-8-13(16(12)11(4)5)18(17)21(25)26/h9-10,12-13,17-18H,6-8H2,1-5H3,(H,23,24)(H,25,26)/t12-,13-,17+,18+/m1/s1. The SMILES string of the molecule is CCOC(=O)c1cc(C(C)C)sc1NC(=O)[C@@H]1[C@@H](C(=O)O)[C@@H]2CC[C@@H]1C2=C(C)C. The van der Waals surface area contributed by atoms with Gasteiger partial charge in [0.1, 0.15) is 5.00 Å². The number of aliphatic carboxylic acids is 1. The van der Waals surface area contributed by atoms with Gasteiger partial charge in [0.15, 0.2) is 0 Å². The monoisotopic (exact) mass is 419 g/mol. The maximum atomic E-state index is 13.3. The van der Waals surface area contributed by atoms with Crippen molar-refractivity contribution in [2.75, 3.05) is 11.9 Å². The van der Waals surface area contributed by atoms with E-state index in [1.807, 2.05) is 27.7 Å². The van der Waals surface area contributed by atoms with Gasteiger partial charge >= 0.3 is 11.9 Å². The average molecular weight is 420 g/mol. The summed E-state index contributed by atoms with van der Waals surface area (Å²) in [5.74, 6) is -2.95. The molecule has 2 aliphatic rings. The molecule has 158 valence electrons. The second-order valence-electron chi connectivity index (χ2n) is 8.39. The number of carbonyl (C=O) groups is 3. The summed E-state index contributed by atoms with van der Waals surface area (Å²) < 4.78 is 5.14. The Morgan fingerprint density at radius 1 is 1.21 bits per heavy atom. The summed E-state index contributed by atoms with van der Waals surface area (Å²) in [7, 11) is 0. The summed E-state index contributed by atoms with van der Waals surface area (Å²) in [5, 5.41) is 13.2. The predicted octanol–water partition coefficient (Wildman–Crippen LogP) is 4.68. The molecule has 0 aliphatic heterocycles. The first kappa shape index (κ1) is 21.6. The maximum absolute atomic E-state index is 13.3. The zero-order chi connectivity index (χ0) is 21.5. The number of rotatable bonds is 6. The third kappa shape index (κ3) is 3.84. The highest BCUT2D eigenvalue weighted by Crippen LogP contribution is 2.57. The molecule has 0 spiro atoms. The minimum atomic E-state index is -0.921. The molecular formula is C22H29NO5S. The van der Waals surface area contributed by atoms with Crippen molar-refractivity contribution < 1.29 is 24.2 Å². The Kier molecular flexibility index (Phi) is 6.17. The van der Waals surface area contributed by atoms with Crippen LogP contribution in [0, 0.1) is 23.7 Å². The third-order valence-electron chi connectivity index (χ3n) is 6.06. The molecule has 2 bridgehead atoms. The first-order valence-corrected chi connectivity index (χ1v) is 11.0. The van der Waals surface area contributed by atoms with Gasteiger partial charge in [0, 0.05) is 4.88 Å². The van der Waals surface area contributed by atoms with Crippen molar-refractivity contribution in [2.45, 2.75) is 53.4 Å². The van der Waals surface area contributed by atoms with Crippen molar-refractivity contribution in [1.29, 1.82) is 0 Å². The van der Waals surface area contributed by atoms with Gasteiger partial charge in [0.05, 0.1) is 24.0 Å². The molecule has 1 aromatic heterocycles. The smallest absolute Gasteiger partial charge is 0.341 e. The molecule has 2 N–H and O–H groups in total. The van der Waals surface area contributed by atoms with Crippen LogP contribution < -0.4 is 5.32 Å². The van der Waals surface area contributed by atoms with Crippen molar-refractivity contribution >= 4 is 34.2 Å². The number of carboxylic acids is 1. The predicted molar refractivity (Wildman–Crippen MR) is 112 cm³/mol. The zero-order valence-corrected chi connectivity index (χ0v) is 18.4. The van der Waals surface area contributed by atoms with Crippen LogP contribution in [0.5, 0.6) is 0 Å². The average Bonchev–Trinajstić information content (AvgIpc) is 3.32. The molecule has 4 atom stereocenters. The molecular weight excluding hydrogens is 390 g/mol. The Bertz CT molecular complexity index is 865. The first-order chi connectivity index (χ1) is 13.7. The highest BCUT2D eigenvalue weighted by molar-refractivity contribution is 7.16. The van der Waals surface area contributed by atoms with Gasteiger partial charge in [-0.15, -0.1) is 11.3 Å². The van der Waals surface area contributed by atoms with Gasteiger partial charge in [-0.3, -0.25) is 9.59 Å². The van der Waals surface area contributed by atoms with E-state index in [1.165, 1.54) is 11.3 Å². The molecule has 2 saturated carbocycles. The van der Waals surface area contributed by atoms with Crippen molar-refractivity contribution in [3.8, 4) is 0 Å². The Morgan fingerprint density at radius 3 is 2.34 bits per heavy atom. The maximum Gasteiger partial charge on any atom is 0.341 e. The summed E-state index contributed by atoms with van der Waals surface area (Å²) in [6.07, 6.45) is 1.65. The molecule has 0 unspecified atom stereocenters. The number of allylic oxidation sites excluding steroid dienone is 2. The van der Waals surface area contributed by atoms with Crippen LogP contribution in [0.1, 0.15) is 68.6 Å². The highest BCUT2D eigenvalue weighted by Gasteiger charge is 2.57. The van der Waals surface area contributed by atoms with Gasteiger partial charge in [0.25, 0.3) is 0 Å². The van der Waals surface area contributed by atoms with Gasteiger partial charge in [-0.1, -0.05) is 25.0 Å². The van der Waals surface area contributed by atoms with Crippen LogP contribution in [0.25, 0.3) is 0 Å². The molecule has 1 heterocycles. The second kappa shape index (κ2) is 8.30. The quantitative estimate of drug-likeness (QED) is 0.516. The Hall–Kier alpha value is -2.15. The van der Waals surface area contributed by atoms with E-state index in [4.69, 9.17) is 4.74 Å². The van der Waals surface area contributed by atoms with E-state index in [1.54, 1.807) is 13.0 Å². The molecule has 29 heavy (non-hydrogen) atoms. The molecule has 0 aromatic carbocycles. The topological polar surface area (TPSA) is 92.7 Å². The number of ether oxygens (including phenoxy) is 1. The van der Waals surface area contributed by atoms with Gasteiger partial charge in [-0.2, -0.15) is 0 Å². The molecule has 0 radical (unpaired) electrons. The molecule has 1 amide bonds. The van der Waals surface area contributed by atoms with Gasteiger partial charge in [0.2, 0.25) is 5.91 Å². The zero-order valence-electron chi connectivity index (χ0n) is 17.6. The molecule has 2 fully saturated rings. The van der Waals surface area contributed by atoms with E-state index in [0.29, 0.717) is 10.6 Å². The van der Waals surface area contributed by atoms with Crippen LogP contribution in [0.3, 0.4) is 0 Å². The Labute approximate surface area is 175 Å². The number of thiophene rings is 1. The largest absolute Gasteiger partial charge is 0.481 e. The van der Waals surface area contributed by atoms with E-state index in [9.17, 15) is 19.5 Å². The lowest BCUT2D eigenvalue weighted by atomic mass is 9.79. The summed E-state index contributed by atoms with van der Waals surface area (Å²) >= 11 is 1.35. The van der Waals surface area contributed by atoms with Crippen LogP contribution in [-0.4, -0.2) is 29.6 Å². The summed E-state index contributed by atoms with van der Waals surface area (Å²) in [6, 6.07) is 1.76. The second-order valence-corrected chi connectivity index (χ2v) is 9.48. The summed E-state index contributed by atoms with van der Waals surface area (Å²) in [6.45, 7) is 10.0. The fourth-order valence-electron chi connectivity index (χ4n) is 4.95. The van der Waals surface area contributed by atoms with Crippen LogP contribution in [0.15, 0.2) is 17.2 Å². The lowest BCUT2D eigenvalue weighted by Gasteiger charge is -2.26. The van der Waals surface area contributed by atoms with Crippen LogP contribution in [0.2, 0.25) is 0 Å². The molecule has 6 nitrogen and oxygen atoms in total. The van der Waals surface area contributed by atoms with Crippen LogP contribution in [0.4, 0.5) is 5.00 Å². The number of esters is 1. The van der Waals surface area contributed by atoms with Crippen LogP contribution >= 0.6 is 11.3 Å². The van der Waals surface area contributed by atoms with Crippen molar-refractivity contribution in [2.24, 2.45) is 23.7 Å². The van der Waals surface area contributed by atoms with Gasteiger partial charge in [-0.05, 0) is 57.4 Å². The van der Waals surface area contributed by atoms with E-state index >= 15 is 0 Å². The normalized spacial score (nSPS) is 25.4. The van der Waals surface area contributed by atoms with E-state index < -0.39 is 23.8 Å². The fraction of sp³-hybridized carbons (Fsp3) is 0.591. The van der Waals surface area contributed by atoms with Crippen molar-refractivity contribution in [1.82, 2.24) is 0 Å². The van der Waals surface area contributed by atoms with Gasteiger partial charge in [-0.25, -0.2) is 4.79 Å². The Morgan fingerprint density at radius 2 is 1.83 bits per heavy atom. The van der Waals surface area contributed by atoms with E-state index in [-0.39, 0.29) is 30.3 Å². The lowest BCUT2D eigenvalue weighted by molar-refractivity contribution is -0.148. The minimum absolute atomic E-state index is 0.0401. The molecule has 7 heteroatoms. The number of hydrogen-bond donors (Lipinski definition) is 2. The molecule has 1 aromatic rings. The van der Waals surface area contributed by atoms with Gasteiger partial charge < -0.3 is 15.2 Å². The minimum Gasteiger partial charge on any atom is -0.481 e. The number of anilines is 1. The third-order valence-corrected chi connectivity index (χ3v) is 7.41. The number of hydrogen-bond acceptors (Lipinski definition) is 5. The van der Waals surface area contributed by atoms with Crippen molar-refractivity contribution in [3.05, 3.63) is 27.7 Å². The van der Waals surface area contributed by atoms with E-state index in [2.05, 4.69) is 5.32 Å². The molecule has 2 aliphatic carbocycles. The van der Waals surface area contributed by atoms with E-state index in [0.717, 1.165) is 28.9 Å². The molecule has 0 saturated heterocycles. The number of carboxylic acid groups (broad SMARTS) is 1. The highest BCUT2D eigenvalue weighted by atomic mass is 32.1. The van der Waals surface area contributed by atoms with Crippen molar-refractivity contribution in [3.63, 3.8) is 0 Å². The first-order valence-electron chi connectivity index (χ1n) is 10.2. The number of fused-ring (bicyclic) bond motifs is 2. The Balaban J connectivity index is 1.93. The summed E-state index contributed by atoms with van der Waals surface area (Å²) in [5.41, 5.74) is 2.59. The number of nitrogens with one attached hydrogen (secondary N) is 1. The fourth-order valence-corrected chi connectivity index (χ4v) is 6.00. The number of amides is 1. The summed E-state index contributed by atoms with van der Waals surface area (Å²) in [4.78, 5) is 38.6. The lowest BCUT2D eigenvalue weighted by Crippen LogP contribution is -2.37.